The minimum absolute atomic E-state index is 0.0165. The number of carbonyl (C=O) groups is 2. The molecular formula is C17H25N3O2. The smallest absolute Gasteiger partial charge is 0.251 e. The van der Waals surface area contributed by atoms with Gasteiger partial charge >= 0.3 is 0 Å². The number of hydrogen-bond acceptors (Lipinski definition) is 3. The van der Waals surface area contributed by atoms with Crippen LogP contribution in [0.5, 0.6) is 0 Å². The Morgan fingerprint density at radius 1 is 1.18 bits per heavy atom. The van der Waals surface area contributed by atoms with Gasteiger partial charge < -0.3 is 16.0 Å². The highest BCUT2D eigenvalue weighted by molar-refractivity contribution is 5.94. The molecule has 0 aliphatic carbocycles. The third-order valence-corrected chi connectivity index (χ3v) is 4.18. The van der Waals surface area contributed by atoms with E-state index in [2.05, 4.69) is 5.32 Å². The minimum atomic E-state index is -0.435. The van der Waals surface area contributed by atoms with E-state index in [1.807, 2.05) is 36.9 Å². The van der Waals surface area contributed by atoms with Gasteiger partial charge in [-0.2, -0.15) is 0 Å². The Bertz CT molecular complexity index is 508. The zero-order valence-corrected chi connectivity index (χ0v) is 13.3. The topological polar surface area (TPSA) is 75.4 Å². The van der Waals surface area contributed by atoms with Crippen molar-refractivity contribution in [3.8, 4) is 0 Å². The molecule has 5 heteroatoms. The van der Waals surface area contributed by atoms with Crippen LogP contribution in [0.25, 0.3) is 0 Å². The standard InChI is InChI=1S/C17H25N3O2/c1-12(2)15(18)17(22)20-10-8-14(9-11-20)19-16(21)13-6-4-3-5-7-13/h3-7,12,14-15H,8-11,18H2,1-2H3,(H,19,21)/t15-/m0/s1. The van der Waals surface area contributed by atoms with Crippen molar-refractivity contribution in [2.45, 2.75) is 38.8 Å². The van der Waals surface area contributed by atoms with Gasteiger partial charge in [-0.25, -0.2) is 0 Å². The van der Waals surface area contributed by atoms with Crippen molar-refractivity contribution in [2.75, 3.05) is 13.1 Å². The number of nitrogens with two attached hydrogens (primary N) is 1. The first-order chi connectivity index (χ1) is 10.5. The van der Waals surface area contributed by atoms with E-state index in [0.29, 0.717) is 18.7 Å². The highest BCUT2D eigenvalue weighted by atomic mass is 16.2. The van der Waals surface area contributed by atoms with Gasteiger partial charge in [0.15, 0.2) is 0 Å². The van der Waals surface area contributed by atoms with Crippen LogP contribution in [-0.4, -0.2) is 41.9 Å². The molecule has 22 heavy (non-hydrogen) atoms. The Balaban J connectivity index is 1.82. The summed E-state index contributed by atoms with van der Waals surface area (Å²) in [5.74, 6) is 0.107. The fraction of sp³-hybridized carbons (Fsp3) is 0.529. The summed E-state index contributed by atoms with van der Waals surface area (Å²) in [6.07, 6.45) is 1.55. The molecule has 0 bridgehead atoms. The van der Waals surface area contributed by atoms with Crippen LogP contribution in [0.15, 0.2) is 30.3 Å². The van der Waals surface area contributed by atoms with Gasteiger partial charge in [0.1, 0.15) is 0 Å². The van der Waals surface area contributed by atoms with Crippen LogP contribution in [0.3, 0.4) is 0 Å². The van der Waals surface area contributed by atoms with Crippen LogP contribution in [0.4, 0.5) is 0 Å². The van der Waals surface area contributed by atoms with Gasteiger partial charge in [0.05, 0.1) is 6.04 Å². The van der Waals surface area contributed by atoms with E-state index >= 15 is 0 Å². The number of likely N-dealkylation sites (tertiary alicyclic amines) is 1. The molecule has 1 aromatic carbocycles. The SMILES string of the molecule is CC(C)[C@H](N)C(=O)N1CCC(NC(=O)c2ccccc2)CC1. The highest BCUT2D eigenvalue weighted by Crippen LogP contribution is 2.14. The molecule has 1 aliphatic rings. The quantitative estimate of drug-likeness (QED) is 0.882. The van der Waals surface area contributed by atoms with Gasteiger partial charge in [-0.15, -0.1) is 0 Å². The maximum atomic E-state index is 12.2. The van der Waals surface area contributed by atoms with Crippen LogP contribution in [0.1, 0.15) is 37.0 Å². The number of benzene rings is 1. The summed E-state index contributed by atoms with van der Waals surface area (Å²) in [7, 11) is 0. The van der Waals surface area contributed by atoms with E-state index in [4.69, 9.17) is 5.73 Å². The molecule has 2 rings (SSSR count). The van der Waals surface area contributed by atoms with Crippen LogP contribution in [0, 0.1) is 5.92 Å². The molecular weight excluding hydrogens is 278 g/mol. The van der Waals surface area contributed by atoms with Gasteiger partial charge in [0.25, 0.3) is 5.91 Å². The Kier molecular flexibility index (Phi) is 5.55. The Morgan fingerprint density at radius 2 is 1.77 bits per heavy atom. The molecule has 5 nitrogen and oxygen atoms in total. The molecule has 120 valence electrons. The summed E-state index contributed by atoms with van der Waals surface area (Å²) >= 11 is 0. The molecule has 1 saturated heterocycles. The van der Waals surface area contributed by atoms with Crippen molar-refractivity contribution in [3.05, 3.63) is 35.9 Å². The molecule has 1 aliphatic heterocycles. The predicted molar refractivity (Wildman–Crippen MR) is 86.3 cm³/mol. The normalized spacial score (nSPS) is 17.4. The summed E-state index contributed by atoms with van der Waals surface area (Å²) in [4.78, 5) is 26.1. The molecule has 0 unspecified atom stereocenters. The lowest BCUT2D eigenvalue weighted by Crippen LogP contribution is -2.52. The highest BCUT2D eigenvalue weighted by Gasteiger charge is 2.28. The molecule has 0 radical (unpaired) electrons. The van der Waals surface area contributed by atoms with Gasteiger partial charge in [-0.1, -0.05) is 32.0 Å². The van der Waals surface area contributed by atoms with Crippen LogP contribution in [-0.2, 0) is 4.79 Å². The molecule has 2 amide bonds. The first-order valence-corrected chi connectivity index (χ1v) is 7.89. The summed E-state index contributed by atoms with van der Waals surface area (Å²) in [5.41, 5.74) is 6.59. The summed E-state index contributed by atoms with van der Waals surface area (Å²) < 4.78 is 0. The zero-order chi connectivity index (χ0) is 16.1. The lowest BCUT2D eigenvalue weighted by molar-refractivity contribution is -0.134. The number of nitrogens with zero attached hydrogens (tertiary/aromatic N) is 1. The lowest BCUT2D eigenvalue weighted by Gasteiger charge is -2.34. The number of piperidine rings is 1. The van der Waals surface area contributed by atoms with E-state index < -0.39 is 6.04 Å². The Labute approximate surface area is 131 Å². The third kappa shape index (κ3) is 4.07. The average molecular weight is 303 g/mol. The van der Waals surface area contributed by atoms with E-state index in [-0.39, 0.29) is 23.8 Å². The van der Waals surface area contributed by atoms with Gasteiger partial charge in [0.2, 0.25) is 5.91 Å². The van der Waals surface area contributed by atoms with Crippen molar-refractivity contribution >= 4 is 11.8 Å². The van der Waals surface area contributed by atoms with Gasteiger partial charge in [-0.05, 0) is 30.9 Å². The summed E-state index contributed by atoms with van der Waals surface area (Å²) in [5, 5.41) is 3.04. The Morgan fingerprint density at radius 3 is 2.32 bits per heavy atom. The summed E-state index contributed by atoms with van der Waals surface area (Å²) in [6, 6.07) is 8.87. The molecule has 1 heterocycles. The predicted octanol–water partition coefficient (Wildman–Crippen LogP) is 1.39. The van der Waals surface area contributed by atoms with E-state index in [1.165, 1.54) is 0 Å². The zero-order valence-electron chi connectivity index (χ0n) is 13.3. The van der Waals surface area contributed by atoms with Crippen molar-refractivity contribution in [1.29, 1.82) is 0 Å². The molecule has 1 fully saturated rings. The van der Waals surface area contributed by atoms with Gasteiger partial charge in [-0.3, -0.25) is 9.59 Å². The van der Waals surface area contributed by atoms with Crippen molar-refractivity contribution < 1.29 is 9.59 Å². The molecule has 0 spiro atoms. The number of amides is 2. The number of hydrogen-bond donors (Lipinski definition) is 2. The number of carbonyl (C=O) groups excluding carboxylic acids is 2. The van der Waals surface area contributed by atoms with E-state index in [0.717, 1.165) is 12.8 Å². The fourth-order valence-corrected chi connectivity index (χ4v) is 2.60. The molecule has 0 aromatic heterocycles. The minimum Gasteiger partial charge on any atom is -0.349 e. The maximum absolute atomic E-state index is 12.2. The van der Waals surface area contributed by atoms with Crippen molar-refractivity contribution in [2.24, 2.45) is 11.7 Å². The average Bonchev–Trinajstić information content (AvgIpc) is 2.55. The second-order valence-electron chi connectivity index (χ2n) is 6.21. The number of nitrogens with one attached hydrogen (secondary N) is 1. The lowest BCUT2D eigenvalue weighted by atomic mass is 10.00. The second kappa shape index (κ2) is 7.40. The van der Waals surface area contributed by atoms with E-state index in [9.17, 15) is 9.59 Å². The van der Waals surface area contributed by atoms with Crippen LogP contribution < -0.4 is 11.1 Å². The third-order valence-electron chi connectivity index (χ3n) is 4.18. The van der Waals surface area contributed by atoms with Gasteiger partial charge in [0, 0.05) is 24.7 Å². The van der Waals surface area contributed by atoms with Crippen molar-refractivity contribution in [3.63, 3.8) is 0 Å². The van der Waals surface area contributed by atoms with Crippen LogP contribution >= 0.6 is 0 Å². The molecule has 0 saturated carbocycles. The molecule has 1 atom stereocenters. The second-order valence-corrected chi connectivity index (χ2v) is 6.21. The first-order valence-electron chi connectivity index (χ1n) is 7.89. The monoisotopic (exact) mass is 303 g/mol. The largest absolute Gasteiger partial charge is 0.349 e. The first kappa shape index (κ1) is 16.5. The summed E-state index contributed by atoms with van der Waals surface area (Å²) in [6.45, 7) is 5.21. The van der Waals surface area contributed by atoms with Crippen LogP contribution in [0.2, 0.25) is 0 Å². The molecule has 3 N–H and O–H groups in total. The molecule has 1 aromatic rings. The van der Waals surface area contributed by atoms with Crippen molar-refractivity contribution in [1.82, 2.24) is 10.2 Å². The fourth-order valence-electron chi connectivity index (χ4n) is 2.60. The Hall–Kier alpha value is -1.88. The maximum Gasteiger partial charge on any atom is 0.251 e. The number of rotatable bonds is 4. The van der Waals surface area contributed by atoms with E-state index in [1.54, 1.807) is 12.1 Å².